The van der Waals surface area contributed by atoms with Gasteiger partial charge in [0.15, 0.2) is 0 Å². The maximum atomic E-state index is 11.8. The number of fused-ring (bicyclic) bond motifs is 1. The highest BCUT2D eigenvalue weighted by Gasteiger charge is 2.54. The first kappa shape index (κ1) is 11.4. The van der Waals surface area contributed by atoms with E-state index in [1.54, 1.807) is 0 Å². The number of carbonyl (C=O) groups excluding carboxylic acids is 2. The Morgan fingerprint density at radius 1 is 1.25 bits per heavy atom. The number of hydrogen-bond acceptors (Lipinski definition) is 4. The lowest BCUT2D eigenvalue weighted by molar-refractivity contribution is -0.202. The number of ether oxygens (including phenoxy) is 1. The lowest BCUT2D eigenvalue weighted by atomic mass is 10.2. The third-order valence-electron chi connectivity index (χ3n) is 3.11. The lowest BCUT2D eigenvalue weighted by Crippen LogP contribution is -2.28. The van der Waals surface area contributed by atoms with Crippen molar-refractivity contribution in [1.82, 2.24) is 5.32 Å². The second kappa shape index (κ2) is 3.73. The van der Waals surface area contributed by atoms with E-state index in [1.165, 1.54) is 0 Å². The van der Waals surface area contributed by atoms with E-state index in [4.69, 9.17) is 0 Å². The van der Waals surface area contributed by atoms with Crippen molar-refractivity contribution in [3.63, 3.8) is 0 Å². The van der Waals surface area contributed by atoms with Crippen LogP contribution in [-0.4, -0.2) is 31.2 Å². The highest BCUT2D eigenvalue weighted by atomic mass is 19.4. The minimum atomic E-state index is -5.10. The summed E-state index contributed by atoms with van der Waals surface area (Å²) in [7, 11) is 0. The molecule has 0 amide bonds. The second-order valence-corrected chi connectivity index (χ2v) is 4.11. The van der Waals surface area contributed by atoms with Crippen LogP contribution in [0.3, 0.4) is 0 Å². The molecular weight excluding hydrogens is 227 g/mol. The quantitative estimate of drug-likeness (QED) is 0.560. The van der Waals surface area contributed by atoms with Crippen LogP contribution in [0.1, 0.15) is 6.42 Å². The molecule has 1 N–H and O–H groups in total. The van der Waals surface area contributed by atoms with Crippen LogP contribution in [0.15, 0.2) is 0 Å². The van der Waals surface area contributed by atoms with Crippen LogP contribution >= 0.6 is 0 Å². The molecule has 0 radical (unpaired) electrons. The van der Waals surface area contributed by atoms with Crippen molar-refractivity contribution in [3.8, 4) is 0 Å². The van der Waals surface area contributed by atoms with Gasteiger partial charge in [-0.25, -0.2) is 4.79 Å². The van der Waals surface area contributed by atoms with Gasteiger partial charge in [-0.3, -0.25) is 4.79 Å². The summed E-state index contributed by atoms with van der Waals surface area (Å²) >= 11 is 0. The molecule has 2 fully saturated rings. The van der Waals surface area contributed by atoms with Gasteiger partial charge in [-0.05, 0) is 30.8 Å². The minimum absolute atomic E-state index is 0.0785. The summed E-state index contributed by atoms with van der Waals surface area (Å²) in [6, 6.07) is 0. The molecule has 3 atom stereocenters. The molecule has 0 aromatic rings. The molecule has 16 heavy (non-hydrogen) atoms. The molecule has 0 unspecified atom stereocenters. The molecule has 90 valence electrons. The fourth-order valence-corrected chi connectivity index (χ4v) is 2.24. The maximum absolute atomic E-state index is 11.8. The first-order valence-electron chi connectivity index (χ1n) is 4.92. The largest absolute Gasteiger partial charge is 0.491 e. The van der Waals surface area contributed by atoms with Gasteiger partial charge in [0.25, 0.3) is 0 Å². The van der Waals surface area contributed by atoms with Crippen LogP contribution in [0.2, 0.25) is 0 Å². The normalized spacial score (nSPS) is 32.1. The molecule has 7 heteroatoms. The van der Waals surface area contributed by atoms with Gasteiger partial charge in [-0.1, -0.05) is 0 Å². The fourth-order valence-electron chi connectivity index (χ4n) is 2.24. The zero-order valence-corrected chi connectivity index (χ0v) is 8.21. The molecule has 2 rings (SSSR count). The zero-order chi connectivity index (χ0) is 11.9. The van der Waals surface area contributed by atoms with E-state index in [1.807, 2.05) is 0 Å². The molecule has 1 aliphatic carbocycles. The van der Waals surface area contributed by atoms with Gasteiger partial charge in [0.1, 0.15) is 0 Å². The van der Waals surface area contributed by atoms with E-state index in [2.05, 4.69) is 10.1 Å². The van der Waals surface area contributed by atoms with Crippen molar-refractivity contribution in [2.45, 2.75) is 12.6 Å². The Balaban J connectivity index is 1.75. The molecule has 1 saturated carbocycles. The molecule has 0 aromatic heterocycles. The number of halogens is 3. The van der Waals surface area contributed by atoms with Gasteiger partial charge in [0, 0.05) is 6.42 Å². The lowest BCUT2D eigenvalue weighted by Gasteiger charge is -2.06. The molecule has 1 saturated heterocycles. The molecule has 0 aromatic carbocycles. The second-order valence-electron chi connectivity index (χ2n) is 4.11. The van der Waals surface area contributed by atoms with Gasteiger partial charge in [0.05, 0.1) is 0 Å². The van der Waals surface area contributed by atoms with Crippen molar-refractivity contribution in [2.24, 2.45) is 17.8 Å². The topological polar surface area (TPSA) is 55.4 Å². The van der Waals surface area contributed by atoms with E-state index in [0.29, 0.717) is 11.8 Å². The van der Waals surface area contributed by atoms with E-state index in [-0.39, 0.29) is 12.3 Å². The predicted molar refractivity (Wildman–Crippen MR) is 45.1 cm³/mol. The van der Waals surface area contributed by atoms with Gasteiger partial charge in [-0.15, -0.1) is 0 Å². The van der Waals surface area contributed by atoms with Gasteiger partial charge in [0.2, 0.25) is 0 Å². The monoisotopic (exact) mass is 237 g/mol. The number of nitrogens with one attached hydrogen (secondary N) is 1. The highest BCUT2D eigenvalue weighted by Crippen LogP contribution is 2.50. The minimum Gasteiger partial charge on any atom is -0.386 e. The molecule has 0 bridgehead atoms. The Hall–Kier alpha value is -1.11. The Labute approximate surface area is 89.1 Å². The summed E-state index contributed by atoms with van der Waals surface area (Å²) < 4.78 is 39.0. The van der Waals surface area contributed by atoms with Crippen molar-refractivity contribution in [2.75, 3.05) is 13.1 Å². The van der Waals surface area contributed by atoms with E-state index in [9.17, 15) is 22.8 Å². The van der Waals surface area contributed by atoms with Crippen LogP contribution < -0.4 is 5.32 Å². The highest BCUT2D eigenvalue weighted by molar-refractivity contribution is 5.88. The molecule has 1 aliphatic heterocycles. The zero-order valence-electron chi connectivity index (χ0n) is 8.21. The summed E-state index contributed by atoms with van der Waals surface area (Å²) in [5.41, 5.74) is 0. The Kier molecular flexibility index (Phi) is 2.65. The summed E-state index contributed by atoms with van der Waals surface area (Å²) in [4.78, 5) is 21.4. The summed E-state index contributed by atoms with van der Waals surface area (Å²) in [5, 5.41) is 3.09. The number of alkyl halides is 3. The average Bonchev–Trinajstić information content (AvgIpc) is 2.60. The predicted octanol–water partition coefficient (Wildman–Crippen LogP) is 0.474. The van der Waals surface area contributed by atoms with Crippen LogP contribution in [-0.2, 0) is 14.3 Å². The van der Waals surface area contributed by atoms with Crippen molar-refractivity contribution < 1.29 is 27.5 Å². The van der Waals surface area contributed by atoms with Gasteiger partial charge < -0.3 is 10.1 Å². The van der Waals surface area contributed by atoms with Crippen LogP contribution in [0, 0.1) is 17.8 Å². The number of rotatable bonds is 2. The molecular formula is C9H10F3NO3. The van der Waals surface area contributed by atoms with Crippen LogP contribution in [0.25, 0.3) is 0 Å². The summed E-state index contributed by atoms with van der Waals surface area (Å²) in [6.45, 7) is 1.58. The van der Waals surface area contributed by atoms with E-state index >= 15 is 0 Å². The smallest absolute Gasteiger partial charge is 0.386 e. The molecule has 2 aliphatic rings. The number of hydrogen-bond donors (Lipinski definition) is 1. The van der Waals surface area contributed by atoms with Crippen LogP contribution in [0.5, 0.6) is 0 Å². The first-order valence-corrected chi connectivity index (χ1v) is 4.92. The van der Waals surface area contributed by atoms with Crippen molar-refractivity contribution >= 4 is 11.9 Å². The first-order chi connectivity index (χ1) is 7.39. The van der Waals surface area contributed by atoms with E-state index in [0.717, 1.165) is 13.1 Å². The maximum Gasteiger partial charge on any atom is 0.491 e. The van der Waals surface area contributed by atoms with Gasteiger partial charge in [-0.2, -0.15) is 13.2 Å². The fraction of sp³-hybridized carbons (Fsp3) is 0.778. The Bertz CT molecular complexity index is 318. The third-order valence-corrected chi connectivity index (χ3v) is 3.11. The molecule has 0 spiro atoms. The molecule has 1 heterocycles. The van der Waals surface area contributed by atoms with Gasteiger partial charge >= 0.3 is 18.1 Å². The SMILES string of the molecule is O=C(C[C@@H]1[C@@H]2CNC[C@@H]21)OC(=O)C(F)(F)F. The molecule has 4 nitrogen and oxygen atoms in total. The number of esters is 2. The standard InChI is InChI=1S/C9H10F3NO3/c10-9(11,12)8(15)16-7(14)1-4-5-2-13-3-6(4)5/h4-6,13H,1-3H2/t4-,5+,6-. The van der Waals surface area contributed by atoms with Crippen molar-refractivity contribution in [1.29, 1.82) is 0 Å². The third kappa shape index (κ3) is 2.18. The Morgan fingerprint density at radius 2 is 1.81 bits per heavy atom. The number of piperidine rings is 1. The summed E-state index contributed by atoms with van der Waals surface area (Å²) in [5.74, 6) is -2.72. The van der Waals surface area contributed by atoms with E-state index < -0.39 is 18.1 Å². The summed E-state index contributed by atoms with van der Waals surface area (Å²) in [6.07, 6.45) is -5.20. The van der Waals surface area contributed by atoms with Crippen molar-refractivity contribution in [3.05, 3.63) is 0 Å². The van der Waals surface area contributed by atoms with Crippen LogP contribution in [0.4, 0.5) is 13.2 Å². The Morgan fingerprint density at radius 3 is 2.31 bits per heavy atom. The average molecular weight is 237 g/mol. The number of carbonyl (C=O) groups is 2.